The van der Waals surface area contributed by atoms with E-state index in [-0.39, 0.29) is 64.2 Å². The lowest BCUT2D eigenvalue weighted by Gasteiger charge is -2.41. The second-order valence-electron chi connectivity index (χ2n) is 35.9. The minimum Gasteiger partial charge on any atom is -0.495 e. The Balaban J connectivity index is 0.000000128. The van der Waals surface area contributed by atoms with Crippen molar-refractivity contribution in [3.63, 3.8) is 0 Å². The monoisotopic (exact) mass is 2140 g/mol. The Morgan fingerprint density at radius 3 is 1.25 bits per heavy atom. The summed E-state index contributed by atoms with van der Waals surface area (Å²) in [6, 6.07) is 81.8. The van der Waals surface area contributed by atoms with Gasteiger partial charge in [0.25, 0.3) is 0 Å². The second kappa shape index (κ2) is 43.4. The third-order valence-electron chi connectivity index (χ3n) is 26.0. The van der Waals surface area contributed by atoms with E-state index in [1.165, 1.54) is 12.7 Å². The zero-order chi connectivity index (χ0) is 105. The normalized spacial score (nSPS) is 12.2. The number of methoxy groups -OCH3 is 1. The molecule has 6 aromatic heterocycles. The standard InChI is InChI=1S/C17H16BrNO2.C17H15Cl2NO.C17H14ClNO3.C17H15NO3.C16H13NO4.C16H13NO3.C15H10BrNO3/c1-17(2)12-5-3-4-6-14(12)19(10-16(20)21)15-8-7-11(18)9-13(15)17;1-9(2)10-4-5-11-14(8-10)20(3)16-12(17(11)21)6-7-13(18)15(16)19;1-9-3-5-12-14(7-9)19(10(2)17(21)22)15-8-11(18)4-6-13(15)16(12)20;1-10-5-3-7-12-15(10)18(9-14(19)20)16-11(2)6-4-8-13(16)17(12)21;1-21-13-8-4-6-11-15(13)17(9-14(18)19)12-7-3-2-5-10(12)16(11)20;1-10(16(19)20)17-13-8-4-2-6-11(13)15(18)12-7-3-5-9-14(12)17;16-11-6-3-5-10-14(11)17(8-13(18)19)12-7-2-1-4-9(12)15(10)20/h3-9H,10H2,1-2H3,(H,20,21);4-9H,1-3H3;3-8,10H,1-2H3,(H,21,22);3-8H,9H2,1-2H3,(H,19,20);2-8H,9H2,1H3,(H,18,19);2-10H,1H3,(H,19,20);1-7H,8H2,(H,18,19). The number of halogens is 5. The number of anilines is 2. The lowest BCUT2D eigenvalue weighted by atomic mass is 9.73. The Bertz CT molecular complexity index is 9020. The van der Waals surface area contributed by atoms with Crippen molar-refractivity contribution in [3.8, 4) is 5.75 Å². The van der Waals surface area contributed by atoms with Crippen molar-refractivity contribution < 1.29 is 64.1 Å². The second-order valence-corrected chi connectivity index (χ2v) is 38.9. The number of aryl methyl sites for hydroxylation is 4. The van der Waals surface area contributed by atoms with Crippen molar-refractivity contribution in [1.82, 2.24) is 27.4 Å². The maximum absolute atomic E-state index is 12.7. The first-order valence-corrected chi connectivity index (χ1v) is 48.7. The maximum atomic E-state index is 12.7. The molecular formula is C115H96Br2Cl3N7O19. The van der Waals surface area contributed by atoms with Crippen molar-refractivity contribution in [2.24, 2.45) is 7.05 Å². The molecule has 1 aliphatic heterocycles. The molecule has 0 bridgehead atoms. The molecule has 146 heavy (non-hydrogen) atoms. The highest BCUT2D eigenvalue weighted by Gasteiger charge is 2.37. The topological polar surface area (TPSA) is 368 Å². The number of pyridine rings is 6. The van der Waals surface area contributed by atoms with Crippen molar-refractivity contribution >= 4 is 245 Å². The molecule has 0 saturated carbocycles. The number of hydrogen-bond donors (Lipinski definition) is 6. The number of nitrogens with zero attached hydrogens (tertiary/aromatic N) is 7. The van der Waals surface area contributed by atoms with Gasteiger partial charge in [-0.15, -0.1) is 0 Å². The van der Waals surface area contributed by atoms with Gasteiger partial charge < -0.3 is 67.7 Å². The number of benzene rings is 14. The van der Waals surface area contributed by atoms with Gasteiger partial charge >= 0.3 is 35.8 Å². The van der Waals surface area contributed by atoms with Crippen LogP contribution in [0.15, 0.2) is 317 Å². The Kier molecular flexibility index (Phi) is 31.0. The third kappa shape index (κ3) is 20.5. The van der Waals surface area contributed by atoms with E-state index in [1.54, 1.807) is 207 Å². The molecule has 0 radical (unpaired) electrons. The molecule has 0 saturated heterocycles. The summed E-state index contributed by atoms with van der Waals surface area (Å²) in [5, 5.41) is 63.4. The Labute approximate surface area is 864 Å². The third-order valence-corrected chi connectivity index (χ3v) is 28.1. The van der Waals surface area contributed by atoms with E-state index in [0.29, 0.717) is 157 Å². The van der Waals surface area contributed by atoms with E-state index in [1.807, 2.05) is 128 Å². The zero-order valence-electron chi connectivity index (χ0n) is 80.6. The largest absolute Gasteiger partial charge is 0.495 e. The average Bonchev–Trinajstić information content (AvgIpc) is 0.728. The lowest BCUT2D eigenvalue weighted by Crippen LogP contribution is -2.35. The van der Waals surface area contributed by atoms with Gasteiger partial charge in [-0.1, -0.05) is 194 Å². The molecule has 0 spiro atoms. The number of hydrogen-bond acceptors (Lipinski definition) is 14. The number of aromatic nitrogens is 6. The van der Waals surface area contributed by atoms with Gasteiger partial charge in [-0.3, -0.25) is 47.9 Å². The van der Waals surface area contributed by atoms with Gasteiger partial charge in [-0.25, -0.2) is 9.59 Å². The molecule has 31 heteroatoms. The van der Waals surface area contributed by atoms with Gasteiger partial charge in [0.05, 0.1) is 88.7 Å². The van der Waals surface area contributed by atoms with E-state index in [4.69, 9.17) is 44.6 Å². The number of fused-ring (bicyclic) bond motifs is 14. The van der Waals surface area contributed by atoms with Crippen LogP contribution in [0.4, 0.5) is 11.4 Å². The molecule has 2 atom stereocenters. The van der Waals surface area contributed by atoms with Crippen LogP contribution in [0, 0.1) is 20.8 Å². The number of carboxylic acid groups (broad SMARTS) is 6. The summed E-state index contributed by atoms with van der Waals surface area (Å²) in [6.45, 7) is 16.9. The quantitative estimate of drug-likeness (QED) is 0.0551. The molecule has 7 heterocycles. The van der Waals surface area contributed by atoms with E-state index >= 15 is 0 Å². The first kappa shape index (κ1) is 104. The number of aliphatic carboxylic acids is 6. The van der Waals surface area contributed by atoms with Crippen LogP contribution >= 0.6 is 66.7 Å². The first-order valence-electron chi connectivity index (χ1n) is 46.0. The molecule has 1 aliphatic rings. The molecule has 740 valence electrons. The molecule has 0 amide bonds. The molecule has 21 rings (SSSR count). The van der Waals surface area contributed by atoms with E-state index in [0.717, 1.165) is 49.2 Å². The van der Waals surface area contributed by atoms with Gasteiger partial charge in [0.2, 0.25) is 0 Å². The Hall–Kier alpha value is -15.9. The molecule has 20 aromatic rings. The van der Waals surface area contributed by atoms with E-state index in [2.05, 4.69) is 77.8 Å². The summed E-state index contributed by atoms with van der Waals surface area (Å²) < 4.78 is 17.3. The fourth-order valence-corrected chi connectivity index (χ4v) is 20.6. The van der Waals surface area contributed by atoms with Gasteiger partial charge in [-0.2, -0.15) is 0 Å². The number of rotatable bonds is 14. The summed E-state index contributed by atoms with van der Waals surface area (Å²) >= 11 is 25.4. The van der Waals surface area contributed by atoms with Crippen LogP contribution < -0.4 is 42.2 Å². The summed E-state index contributed by atoms with van der Waals surface area (Å²) in [4.78, 5) is 145. The number of carboxylic acids is 6. The van der Waals surface area contributed by atoms with Crippen LogP contribution in [0.5, 0.6) is 5.75 Å². The van der Waals surface area contributed by atoms with Crippen molar-refractivity contribution in [1.29, 1.82) is 0 Å². The number of carbonyl (C=O) groups is 6. The SMILES string of the molecule is CC(C(=O)O)n1c2ccccc2c(=O)c2ccccc21.CC(C)c1ccc2c(=O)c3ccc(Cl)c(Cl)c3n(C)c2c1.CC1(C)c2ccccc2N(CC(=O)O)c2ccc(Br)cc21.COc1cccc2c(=O)c3ccccc3n(CC(=O)O)c12.Cc1ccc2c(=O)c3ccc(Cl)cc3n(C(C)C(=O)O)c2c1.Cc1cccc2c(=O)c3cccc(C)c3n(CC(=O)O)c12.O=C(O)Cn1c2ccccc2c(=O)c2cccc(Br)c21. The summed E-state index contributed by atoms with van der Waals surface area (Å²) in [5.41, 5.74) is 15.3. The maximum Gasteiger partial charge on any atom is 0.326 e. The fourth-order valence-electron chi connectivity index (χ4n) is 19.0. The summed E-state index contributed by atoms with van der Waals surface area (Å²) in [7, 11) is 3.41. The molecular weight excluding hydrogens is 2050 g/mol. The Morgan fingerprint density at radius 1 is 0.356 bits per heavy atom. The predicted molar refractivity (Wildman–Crippen MR) is 588 cm³/mol. The van der Waals surface area contributed by atoms with Crippen molar-refractivity contribution in [2.45, 2.75) is 105 Å². The summed E-state index contributed by atoms with van der Waals surface area (Å²) in [5.74, 6) is -4.69. The predicted octanol–water partition coefficient (Wildman–Crippen LogP) is 24.1. The van der Waals surface area contributed by atoms with Crippen LogP contribution in [-0.2, 0) is 60.9 Å². The minimum absolute atomic E-state index is 0.00743. The minimum atomic E-state index is -0.976. The average molecular weight is 2150 g/mol. The highest BCUT2D eigenvalue weighted by molar-refractivity contribution is 9.11. The molecule has 26 nitrogen and oxygen atoms in total. The Morgan fingerprint density at radius 2 is 0.740 bits per heavy atom. The van der Waals surface area contributed by atoms with Gasteiger partial charge in [0.1, 0.15) is 44.0 Å². The molecule has 14 aromatic carbocycles. The zero-order valence-corrected chi connectivity index (χ0v) is 86.1. The van der Waals surface area contributed by atoms with E-state index < -0.39 is 47.9 Å². The van der Waals surface area contributed by atoms with Crippen LogP contribution in [0.25, 0.3) is 131 Å². The van der Waals surface area contributed by atoms with Crippen LogP contribution in [0.1, 0.15) is 92.9 Å². The van der Waals surface area contributed by atoms with Crippen LogP contribution in [0.3, 0.4) is 0 Å². The van der Waals surface area contributed by atoms with Gasteiger partial charge in [-0.05, 0) is 254 Å². The molecule has 0 aliphatic carbocycles. The highest BCUT2D eigenvalue weighted by atomic mass is 79.9. The van der Waals surface area contributed by atoms with Crippen molar-refractivity contribution in [2.75, 3.05) is 18.6 Å². The molecule has 2 unspecified atom stereocenters. The lowest BCUT2D eigenvalue weighted by molar-refractivity contribution is -0.141. The van der Waals surface area contributed by atoms with Crippen LogP contribution in [0.2, 0.25) is 15.1 Å². The summed E-state index contributed by atoms with van der Waals surface area (Å²) in [6.07, 6.45) is 0. The first-order chi connectivity index (χ1) is 69.6. The van der Waals surface area contributed by atoms with Gasteiger partial charge in [0.15, 0.2) is 32.6 Å². The number of ether oxygens (including phenoxy) is 1. The van der Waals surface area contributed by atoms with E-state index in [9.17, 15) is 83.1 Å². The smallest absolute Gasteiger partial charge is 0.326 e. The van der Waals surface area contributed by atoms with Crippen LogP contribution in [-0.4, -0.2) is 108 Å². The number of para-hydroxylation sites is 9. The molecule has 0 fully saturated rings. The fraction of sp³-hybridized carbons (Fsp3) is 0.165. The highest BCUT2D eigenvalue weighted by Crippen LogP contribution is 2.50. The van der Waals surface area contributed by atoms with Crippen molar-refractivity contribution in [3.05, 3.63) is 398 Å². The molecule has 6 N–H and O–H groups in total. The van der Waals surface area contributed by atoms with Gasteiger partial charge in [0, 0.05) is 97.1 Å².